The Labute approximate surface area is 145 Å². The predicted molar refractivity (Wildman–Crippen MR) is 91.6 cm³/mol. The lowest BCUT2D eigenvalue weighted by Crippen LogP contribution is -2.38. The number of halogens is 2. The van der Waals surface area contributed by atoms with Crippen LogP contribution < -0.4 is 0 Å². The van der Waals surface area contributed by atoms with Crippen LogP contribution in [-0.4, -0.2) is 27.3 Å². The Balaban J connectivity index is 1.61. The minimum Gasteiger partial charge on any atom is -0.337 e. The number of hydrogen-bond donors (Lipinski definition) is 0. The summed E-state index contributed by atoms with van der Waals surface area (Å²) in [5.74, 6) is -0.800. The molecule has 1 aliphatic rings. The van der Waals surface area contributed by atoms with E-state index in [-0.39, 0.29) is 28.0 Å². The molecular weight excluding hydrogens is 357 g/mol. The van der Waals surface area contributed by atoms with Crippen LogP contribution in [0.2, 0.25) is 5.02 Å². The first-order chi connectivity index (χ1) is 11.0. The molecule has 3 rings (SSSR count). The molecule has 0 fully saturated rings. The van der Waals surface area contributed by atoms with Crippen molar-refractivity contribution in [2.45, 2.75) is 18.7 Å². The van der Waals surface area contributed by atoms with Gasteiger partial charge in [0, 0.05) is 39.4 Å². The van der Waals surface area contributed by atoms with Crippen LogP contribution in [-0.2, 0) is 34.3 Å². The highest BCUT2D eigenvalue weighted by Gasteiger charge is 2.23. The van der Waals surface area contributed by atoms with Gasteiger partial charge in [-0.05, 0) is 35.6 Å². The number of hydrogen-bond acceptors (Lipinski definition) is 3. The first-order valence-electron chi connectivity index (χ1n) is 7.15. The second kappa shape index (κ2) is 7.11. The van der Waals surface area contributed by atoms with E-state index in [2.05, 4.69) is 0 Å². The van der Waals surface area contributed by atoms with E-state index < -0.39 is 16.6 Å². The number of carbonyl (C=O) groups is 1. The Morgan fingerprint density at radius 3 is 3.00 bits per heavy atom. The van der Waals surface area contributed by atoms with Gasteiger partial charge in [0.2, 0.25) is 5.91 Å². The minimum absolute atomic E-state index is 0.0468. The highest BCUT2D eigenvalue weighted by atomic mass is 35.5. The van der Waals surface area contributed by atoms with Crippen molar-refractivity contribution in [3.8, 4) is 0 Å². The number of benzene rings is 1. The zero-order valence-electron chi connectivity index (χ0n) is 12.3. The van der Waals surface area contributed by atoms with Crippen molar-refractivity contribution in [1.82, 2.24) is 4.90 Å². The summed E-state index contributed by atoms with van der Waals surface area (Å²) in [6.07, 6.45) is 0.838. The van der Waals surface area contributed by atoms with Crippen LogP contribution in [0, 0.1) is 5.82 Å². The maximum atomic E-state index is 13.7. The third-order valence-corrected chi connectivity index (χ3v) is 6.37. The van der Waals surface area contributed by atoms with Gasteiger partial charge < -0.3 is 4.90 Å². The third kappa shape index (κ3) is 3.82. The largest absolute Gasteiger partial charge is 0.337 e. The summed E-state index contributed by atoms with van der Waals surface area (Å²) >= 11 is 7.64. The summed E-state index contributed by atoms with van der Waals surface area (Å²) in [5, 5.41) is 2.27. The molecule has 0 N–H and O–H groups in total. The fraction of sp³-hybridized carbons (Fsp3) is 0.312. The maximum absolute atomic E-state index is 13.7. The average Bonchev–Trinajstić information content (AvgIpc) is 2.98. The summed E-state index contributed by atoms with van der Waals surface area (Å²) in [7, 11) is -1.48. The van der Waals surface area contributed by atoms with Gasteiger partial charge in [0.15, 0.2) is 0 Å². The molecule has 7 heteroatoms. The summed E-state index contributed by atoms with van der Waals surface area (Å²) in [4.78, 5) is 15.3. The van der Waals surface area contributed by atoms with Crippen LogP contribution in [0.4, 0.5) is 4.39 Å². The molecule has 1 amide bonds. The zero-order chi connectivity index (χ0) is 16.4. The van der Waals surface area contributed by atoms with Crippen molar-refractivity contribution < 1.29 is 13.4 Å². The molecule has 3 nitrogen and oxygen atoms in total. The number of nitrogens with zero attached hydrogens (tertiary/aromatic N) is 1. The lowest BCUT2D eigenvalue weighted by molar-refractivity contribution is -0.129. The van der Waals surface area contributed by atoms with Crippen molar-refractivity contribution in [3.63, 3.8) is 0 Å². The molecule has 23 heavy (non-hydrogen) atoms. The van der Waals surface area contributed by atoms with E-state index in [0.29, 0.717) is 13.1 Å². The summed E-state index contributed by atoms with van der Waals surface area (Å²) in [5.41, 5.74) is 1.37. The van der Waals surface area contributed by atoms with Gasteiger partial charge in [-0.3, -0.25) is 9.00 Å². The molecular formula is C16H15ClFNO2S2. The molecule has 0 saturated carbocycles. The Morgan fingerprint density at radius 2 is 2.22 bits per heavy atom. The minimum atomic E-state index is -1.48. The molecule has 0 bridgehead atoms. The van der Waals surface area contributed by atoms with Crippen LogP contribution >= 0.6 is 22.9 Å². The first-order valence-corrected chi connectivity index (χ1v) is 9.90. The van der Waals surface area contributed by atoms with Crippen molar-refractivity contribution in [2.24, 2.45) is 0 Å². The van der Waals surface area contributed by atoms with E-state index in [1.807, 2.05) is 11.4 Å². The van der Waals surface area contributed by atoms with Gasteiger partial charge in [-0.2, -0.15) is 0 Å². The smallest absolute Gasteiger partial charge is 0.235 e. The third-order valence-electron chi connectivity index (χ3n) is 3.81. The van der Waals surface area contributed by atoms with Crippen molar-refractivity contribution in [2.75, 3.05) is 12.3 Å². The number of thiophene rings is 1. The molecule has 1 atom stereocenters. The van der Waals surface area contributed by atoms with Crippen LogP contribution in [0.15, 0.2) is 29.6 Å². The van der Waals surface area contributed by atoms with Gasteiger partial charge in [-0.1, -0.05) is 17.7 Å². The highest BCUT2D eigenvalue weighted by Crippen LogP contribution is 2.24. The molecule has 1 aromatic heterocycles. The Kier molecular flexibility index (Phi) is 5.14. The van der Waals surface area contributed by atoms with Crippen LogP contribution in [0.5, 0.6) is 0 Å². The molecule has 0 aliphatic carbocycles. The van der Waals surface area contributed by atoms with Gasteiger partial charge in [-0.15, -0.1) is 11.3 Å². The van der Waals surface area contributed by atoms with E-state index in [4.69, 9.17) is 11.6 Å². The second-order valence-corrected chi connectivity index (χ2v) is 8.23. The van der Waals surface area contributed by atoms with Crippen molar-refractivity contribution in [3.05, 3.63) is 56.5 Å². The molecule has 1 aromatic carbocycles. The number of fused-ring (bicyclic) bond motifs is 1. The monoisotopic (exact) mass is 371 g/mol. The average molecular weight is 372 g/mol. The number of amides is 1. The van der Waals surface area contributed by atoms with Crippen molar-refractivity contribution >= 4 is 39.6 Å². The Hall–Kier alpha value is -1.24. The van der Waals surface area contributed by atoms with E-state index in [1.54, 1.807) is 22.3 Å². The van der Waals surface area contributed by atoms with Gasteiger partial charge in [-0.25, -0.2) is 4.39 Å². The highest BCUT2D eigenvalue weighted by molar-refractivity contribution is 7.84. The van der Waals surface area contributed by atoms with Crippen LogP contribution in [0.3, 0.4) is 0 Å². The summed E-state index contributed by atoms with van der Waals surface area (Å²) < 4.78 is 25.9. The lowest BCUT2D eigenvalue weighted by atomic mass is 10.1. The summed E-state index contributed by atoms with van der Waals surface area (Å²) in [6, 6.07) is 6.36. The first kappa shape index (κ1) is 16.6. The standard InChI is InChI=1S/C16H15ClFNO2S2/c17-13-2-1-3-14(18)12(13)9-23(21)10-16(20)19-6-4-15-11(8-19)5-7-22-15/h1-3,5,7H,4,6,8-10H2/t23-/m1/s1. The molecule has 0 spiro atoms. The molecule has 0 radical (unpaired) electrons. The van der Waals surface area contributed by atoms with Gasteiger partial charge in [0.1, 0.15) is 11.6 Å². The van der Waals surface area contributed by atoms with Crippen LogP contribution in [0.25, 0.3) is 0 Å². The Morgan fingerprint density at radius 1 is 1.39 bits per heavy atom. The lowest BCUT2D eigenvalue weighted by Gasteiger charge is -2.26. The molecule has 0 saturated heterocycles. The SMILES string of the molecule is O=C(C[S@](=O)Cc1c(F)cccc1Cl)N1CCc2sccc2C1. The quantitative estimate of drug-likeness (QED) is 0.826. The van der Waals surface area contributed by atoms with E-state index in [9.17, 15) is 13.4 Å². The molecule has 1 aliphatic heterocycles. The fourth-order valence-corrected chi connectivity index (χ4v) is 4.95. The van der Waals surface area contributed by atoms with E-state index in [1.165, 1.54) is 17.0 Å². The molecule has 2 aromatic rings. The zero-order valence-corrected chi connectivity index (χ0v) is 14.6. The Bertz CT molecular complexity index is 742. The van der Waals surface area contributed by atoms with E-state index in [0.717, 1.165) is 12.0 Å². The predicted octanol–water partition coefficient (Wildman–Crippen LogP) is 3.37. The summed E-state index contributed by atoms with van der Waals surface area (Å²) in [6.45, 7) is 1.21. The molecule has 122 valence electrons. The van der Waals surface area contributed by atoms with E-state index >= 15 is 0 Å². The number of carbonyl (C=O) groups excluding carboxylic acids is 1. The normalized spacial score (nSPS) is 15.3. The van der Waals surface area contributed by atoms with Gasteiger partial charge in [0.25, 0.3) is 0 Å². The molecule has 2 heterocycles. The maximum Gasteiger partial charge on any atom is 0.235 e. The molecule has 0 unspecified atom stereocenters. The number of rotatable bonds is 4. The fourth-order valence-electron chi connectivity index (χ4n) is 2.57. The van der Waals surface area contributed by atoms with Gasteiger partial charge in [0.05, 0.1) is 5.75 Å². The van der Waals surface area contributed by atoms with Gasteiger partial charge >= 0.3 is 0 Å². The second-order valence-electron chi connectivity index (χ2n) is 5.36. The topological polar surface area (TPSA) is 37.4 Å². The van der Waals surface area contributed by atoms with Crippen molar-refractivity contribution in [1.29, 1.82) is 0 Å². The van der Waals surface area contributed by atoms with Crippen LogP contribution in [0.1, 0.15) is 16.0 Å².